The number of ether oxygens (including phenoxy) is 2. The molecular formula is C25H24N2O4S2. The molecule has 2 heterocycles. The van der Waals surface area contributed by atoms with E-state index < -0.39 is 0 Å². The number of esters is 1. The Hall–Kier alpha value is -3.10. The first kappa shape index (κ1) is 21.7. The highest BCUT2D eigenvalue weighted by atomic mass is 32.1. The summed E-state index contributed by atoms with van der Waals surface area (Å²) in [7, 11) is 3.03. The van der Waals surface area contributed by atoms with Crippen molar-refractivity contribution in [3.63, 3.8) is 0 Å². The number of anilines is 2. The number of nitrogens with one attached hydrogen (secondary N) is 2. The third kappa shape index (κ3) is 3.94. The van der Waals surface area contributed by atoms with Crippen LogP contribution in [0.1, 0.15) is 34.1 Å². The van der Waals surface area contributed by atoms with Crippen molar-refractivity contribution in [2.24, 2.45) is 5.92 Å². The van der Waals surface area contributed by atoms with Crippen molar-refractivity contribution in [3.8, 4) is 5.75 Å². The van der Waals surface area contributed by atoms with Crippen molar-refractivity contribution in [1.29, 1.82) is 0 Å². The van der Waals surface area contributed by atoms with Crippen LogP contribution in [0, 0.1) is 5.92 Å². The van der Waals surface area contributed by atoms with Crippen molar-refractivity contribution in [3.05, 3.63) is 52.4 Å². The smallest absolute Gasteiger partial charge is 0.341 e. The number of para-hydroxylation sites is 1. The van der Waals surface area contributed by atoms with E-state index in [1.165, 1.54) is 12.0 Å². The normalized spacial score (nSPS) is 15.3. The highest BCUT2D eigenvalue weighted by Crippen LogP contribution is 2.41. The summed E-state index contributed by atoms with van der Waals surface area (Å²) in [5.41, 5.74) is 3.90. The predicted octanol–water partition coefficient (Wildman–Crippen LogP) is 6.38. The van der Waals surface area contributed by atoms with Gasteiger partial charge in [0.05, 0.1) is 25.5 Å². The second kappa shape index (κ2) is 8.68. The molecule has 0 saturated carbocycles. The summed E-state index contributed by atoms with van der Waals surface area (Å²) < 4.78 is 16.7. The fourth-order valence-corrected chi connectivity index (χ4v) is 6.11. The summed E-state index contributed by atoms with van der Waals surface area (Å²) in [6, 6.07) is 11.7. The summed E-state index contributed by atoms with van der Waals surface area (Å²) in [5.74, 6) is 0.902. The molecule has 1 atom stereocenters. The number of fused-ring (bicyclic) bond motifs is 4. The van der Waals surface area contributed by atoms with Gasteiger partial charge in [-0.3, -0.25) is 0 Å². The molecule has 6 nitrogen and oxygen atoms in total. The maximum Gasteiger partial charge on any atom is 0.341 e. The van der Waals surface area contributed by atoms with Gasteiger partial charge in [-0.1, -0.05) is 25.1 Å². The van der Waals surface area contributed by atoms with E-state index >= 15 is 0 Å². The minimum absolute atomic E-state index is 0.339. The number of furan rings is 1. The SMILES string of the molecule is COC(=O)c1c(NC(=S)Nc2cc3oc4ccccc4c3cc2OC)sc2c1CCC(C)C2. The molecule has 5 rings (SSSR count). The second-order valence-corrected chi connectivity index (χ2v) is 9.79. The Morgan fingerprint density at radius 1 is 1.15 bits per heavy atom. The molecule has 4 aromatic rings. The molecule has 0 spiro atoms. The van der Waals surface area contributed by atoms with E-state index in [1.54, 1.807) is 18.4 Å². The first-order chi connectivity index (χ1) is 16.0. The Labute approximate surface area is 200 Å². The lowest BCUT2D eigenvalue weighted by atomic mass is 9.88. The zero-order valence-corrected chi connectivity index (χ0v) is 20.2. The van der Waals surface area contributed by atoms with E-state index in [4.69, 9.17) is 26.1 Å². The van der Waals surface area contributed by atoms with Gasteiger partial charge in [-0.05, 0) is 55.1 Å². The molecule has 1 aliphatic carbocycles. The van der Waals surface area contributed by atoms with Crippen LogP contribution < -0.4 is 15.4 Å². The maximum atomic E-state index is 12.6. The molecule has 33 heavy (non-hydrogen) atoms. The standard InChI is InChI=1S/C25H24N2O4S2/c1-13-8-9-15-21(10-13)33-23(22(15)24(28)30-3)27-25(32)26-17-12-19-16(11-20(17)29-2)14-6-4-5-7-18(14)31-19/h4-7,11-13H,8-10H2,1-3H3,(H2,26,27,32). The van der Waals surface area contributed by atoms with Gasteiger partial charge in [0.2, 0.25) is 0 Å². The van der Waals surface area contributed by atoms with Crippen molar-refractivity contribution in [2.45, 2.75) is 26.2 Å². The van der Waals surface area contributed by atoms with Crippen molar-refractivity contribution in [1.82, 2.24) is 0 Å². The number of hydrogen-bond donors (Lipinski definition) is 2. The van der Waals surface area contributed by atoms with E-state index in [2.05, 4.69) is 17.6 Å². The minimum Gasteiger partial charge on any atom is -0.495 e. The van der Waals surface area contributed by atoms with Gasteiger partial charge in [0, 0.05) is 21.7 Å². The van der Waals surface area contributed by atoms with Crippen molar-refractivity contribution in [2.75, 3.05) is 24.9 Å². The summed E-state index contributed by atoms with van der Waals surface area (Å²) in [5, 5.41) is 9.50. The first-order valence-electron chi connectivity index (χ1n) is 10.8. The molecule has 170 valence electrons. The number of hydrogen-bond acceptors (Lipinski definition) is 6. The molecule has 0 saturated heterocycles. The molecule has 2 aromatic carbocycles. The van der Waals surface area contributed by atoms with Crippen molar-refractivity contribution >= 4 is 67.3 Å². The molecule has 8 heteroatoms. The highest BCUT2D eigenvalue weighted by Gasteiger charge is 2.28. The Morgan fingerprint density at radius 3 is 2.76 bits per heavy atom. The number of benzene rings is 2. The monoisotopic (exact) mass is 480 g/mol. The van der Waals surface area contributed by atoms with Crippen LogP contribution in [0.15, 0.2) is 40.8 Å². The maximum absolute atomic E-state index is 12.6. The van der Waals surface area contributed by atoms with E-state index in [1.807, 2.05) is 36.4 Å². The lowest BCUT2D eigenvalue weighted by Crippen LogP contribution is -2.20. The van der Waals surface area contributed by atoms with Gasteiger partial charge in [-0.2, -0.15) is 0 Å². The largest absolute Gasteiger partial charge is 0.495 e. The van der Waals surface area contributed by atoms with Gasteiger partial charge in [-0.25, -0.2) is 4.79 Å². The van der Waals surface area contributed by atoms with Crippen LogP contribution in [0.3, 0.4) is 0 Å². The number of thiocarbonyl (C=S) groups is 1. The molecule has 0 radical (unpaired) electrons. The van der Waals surface area contributed by atoms with Crippen LogP contribution in [0.25, 0.3) is 21.9 Å². The average molecular weight is 481 g/mol. The van der Waals surface area contributed by atoms with Gasteiger partial charge in [-0.15, -0.1) is 11.3 Å². The molecule has 2 aromatic heterocycles. The number of methoxy groups -OCH3 is 2. The third-order valence-electron chi connectivity index (χ3n) is 6.08. The summed E-state index contributed by atoms with van der Waals surface area (Å²) in [4.78, 5) is 13.8. The quantitative estimate of drug-likeness (QED) is 0.259. The van der Waals surface area contributed by atoms with Crippen LogP contribution in [0.4, 0.5) is 10.7 Å². The van der Waals surface area contributed by atoms with Gasteiger partial charge < -0.3 is 24.5 Å². The topological polar surface area (TPSA) is 72.7 Å². The third-order valence-corrected chi connectivity index (χ3v) is 7.45. The molecule has 0 bridgehead atoms. The van der Waals surface area contributed by atoms with Crippen LogP contribution in [0.2, 0.25) is 0 Å². The van der Waals surface area contributed by atoms with Crippen LogP contribution in [-0.4, -0.2) is 25.3 Å². The van der Waals surface area contributed by atoms with E-state index in [0.717, 1.165) is 46.8 Å². The number of carbonyl (C=O) groups excluding carboxylic acids is 1. The second-order valence-electron chi connectivity index (χ2n) is 8.27. The Morgan fingerprint density at radius 2 is 1.97 bits per heavy atom. The first-order valence-corrected chi connectivity index (χ1v) is 12.0. The molecule has 2 N–H and O–H groups in total. The lowest BCUT2D eigenvalue weighted by Gasteiger charge is -2.18. The van der Waals surface area contributed by atoms with Gasteiger partial charge in [0.25, 0.3) is 0 Å². The predicted molar refractivity (Wildman–Crippen MR) is 137 cm³/mol. The molecule has 1 aliphatic rings. The molecule has 0 fully saturated rings. The molecule has 1 unspecified atom stereocenters. The van der Waals surface area contributed by atoms with Crippen molar-refractivity contribution < 1.29 is 18.7 Å². The van der Waals surface area contributed by atoms with E-state index in [9.17, 15) is 4.79 Å². The molecule has 0 aliphatic heterocycles. The zero-order chi connectivity index (χ0) is 23.1. The number of thiophene rings is 1. The van der Waals surface area contributed by atoms with Crippen LogP contribution >= 0.6 is 23.6 Å². The van der Waals surface area contributed by atoms with Crippen LogP contribution in [-0.2, 0) is 17.6 Å². The van der Waals surface area contributed by atoms with Gasteiger partial charge in [0.1, 0.15) is 21.9 Å². The van der Waals surface area contributed by atoms with Crippen LogP contribution in [0.5, 0.6) is 5.75 Å². The Balaban J connectivity index is 1.46. The van der Waals surface area contributed by atoms with E-state index in [-0.39, 0.29) is 5.97 Å². The molecule has 0 amide bonds. The Kier molecular flexibility index (Phi) is 5.72. The van der Waals surface area contributed by atoms with Gasteiger partial charge in [0.15, 0.2) is 5.11 Å². The number of rotatable bonds is 4. The highest BCUT2D eigenvalue weighted by molar-refractivity contribution is 7.80. The summed E-state index contributed by atoms with van der Waals surface area (Å²) in [6.07, 6.45) is 2.89. The minimum atomic E-state index is -0.339. The van der Waals surface area contributed by atoms with E-state index in [0.29, 0.717) is 33.0 Å². The van der Waals surface area contributed by atoms with Gasteiger partial charge >= 0.3 is 5.97 Å². The Bertz CT molecular complexity index is 1390. The lowest BCUT2D eigenvalue weighted by molar-refractivity contribution is 0.0601. The summed E-state index contributed by atoms with van der Waals surface area (Å²) in [6.45, 7) is 2.24. The fourth-order valence-electron chi connectivity index (χ4n) is 4.43. The summed E-state index contributed by atoms with van der Waals surface area (Å²) >= 11 is 7.18. The number of carbonyl (C=O) groups is 1. The zero-order valence-electron chi connectivity index (χ0n) is 18.6. The average Bonchev–Trinajstić information content (AvgIpc) is 3.34. The molecular weight excluding hydrogens is 456 g/mol. The fraction of sp³-hybridized carbons (Fsp3) is 0.280.